The lowest BCUT2D eigenvalue weighted by atomic mass is 9.96. The van der Waals surface area contributed by atoms with Gasteiger partial charge in [0, 0.05) is 42.9 Å². The monoisotopic (exact) mass is 393 g/mol. The highest BCUT2D eigenvalue weighted by molar-refractivity contribution is 6.10. The number of hydrogen-bond donors (Lipinski definition) is 2. The Labute approximate surface area is 170 Å². The molecular formula is C23H27N3O3. The molecule has 0 radical (unpaired) electrons. The number of H-pyrrole nitrogens is 1. The van der Waals surface area contributed by atoms with Crippen molar-refractivity contribution in [3.05, 3.63) is 71.9 Å². The number of ketones is 1. The molecule has 0 aliphatic heterocycles. The maximum absolute atomic E-state index is 13.5. The third-order valence-corrected chi connectivity index (χ3v) is 4.90. The topological polar surface area (TPSA) is 74.4 Å². The fraction of sp³-hybridized carbons (Fsp3) is 0.304. The Bertz CT molecular complexity index is 952. The summed E-state index contributed by atoms with van der Waals surface area (Å²) in [5.41, 5.74) is 2.40. The highest BCUT2D eigenvalue weighted by Crippen LogP contribution is 2.28. The van der Waals surface area contributed by atoms with Gasteiger partial charge in [-0.3, -0.25) is 14.5 Å². The third-order valence-electron chi connectivity index (χ3n) is 4.90. The van der Waals surface area contributed by atoms with Gasteiger partial charge in [-0.1, -0.05) is 48.5 Å². The summed E-state index contributed by atoms with van der Waals surface area (Å²) in [5.74, 6) is -0.153. The number of rotatable bonds is 10. The number of methoxy groups -OCH3 is 1. The Hall–Kier alpha value is -2.96. The number of Topliss-reactive ketones (excluding diaryl/α,β-unsaturated/α-hetero) is 1. The Morgan fingerprint density at radius 2 is 1.83 bits per heavy atom. The fourth-order valence-corrected chi connectivity index (χ4v) is 3.48. The van der Waals surface area contributed by atoms with E-state index in [1.54, 1.807) is 25.3 Å². The molecule has 3 aromatic rings. The van der Waals surface area contributed by atoms with Crippen molar-refractivity contribution in [2.24, 2.45) is 0 Å². The number of aromatic amines is 1. The van der Waals surface area contributed by atoms with E-state index >= 15 is 0 Å². The molecule has 29 heavy (non-hydrogen) atoms. The molecule has 0 aliphatic carbocycles. The van der Waals surface area contributed by atoms with Gasteiger partial charge in [0.2, 0.25) is 5.91 Å². The molecule has 0 saturated heterocycles. The van der Waals surface area contributed by atoms with Crippen LogP contribution < -0.4 is 5.32 Å². The number of ether oxygens (including phenoxy) is 1. The summed E-state index contributed by atoms with van der Waals surface area (Å²) in [6, 6.07) is 16.7. The van der Waals surface area contributed by atoms with Crippen LogP contribution in [-0.4, -0.2) is 55.4 Å². The van der Waals surface area contributed by atoms with Gasteiger partial charge in [0.15, 0.2) is 5.78 Å². The molecule has 1 aromatic heterocycles. The van der Waals surface area contributed by atoms with Crippen LogP contribution in [0.1, 0.15) is 28.4 Å². The van der Waals surface area contributed by atoms with Crippen molar-refractivity contribution in [3.8, 4) is 0 Å². The molecule has 6 heteroatoms. The van der Waals surface area contributed by atoms with Crippen LogP contribution in [0.15, 0.2) is 60.8 Å². The molecule has 2 aromatic carbocycles. The second-order valence-electron chi connectivity index (χ2n) is 7.04. The largest absolute Gasteiger partial charge is 0.385 e. The second kappa shape index (κ2) is 10.0. The summed E-state index contributed by atoms with van der Waals surface area (Å²) in [4.78, 5) is 30.9. The lowest BCUT2D eigenvalue weighted by molar-refractivity contribution is -0.122. The van der Waals surface area contributed by atoms with E-state index in [1.807, 2.05) is 54.6 Å². The predicted octanol–water partition coefficient (Wildman–Crippen LogP) is 3.18. The second-order valence-corrected chi connectivity index (χ2v) is 7.04. The van der Waals surface area contributed by atoms with Crippen LogP contribution >= 0.6 is 0 Å². The lowest BCUT2D eigenvalue weighted by Crippen LogP contribution is -2.40. The van der Waals surface area contributed by atoms with Gasteiger partial charge in [-0.15, -0.1) is 0 Å². The van der Waals surface area contributed by atoms with Gasteiger partial charge in [0.1, 0.15) is 0 Å². The molecule has 1 heterocycles. The number of carbonyl (C=O) groups is 2. The molecule has 2 N–H and O–H groups in total. The van der Waals surface area contributed by atoms with Gasteiger partial charge in [0.05, 0.1) is 12.6 Å². The Morgan fingerprint density at radius 3 is 2.59 bits per heavy atom. The average Bonchev–Trinajstić information content (AvgIpc) is 3.16. The van der Waals surface area contributed by atoms with Crippen molar-refractivity contribution >= 4 is 22.6 Å². The van der Waals surface area contributed by atoms with Gasteiger partial charge in [-0.05, 0) is 25.1 Å². The average molecular weight is 393 g/mol. The standard InChI is InChI=1S/C23H27N3O3/c1-26(16-21(27)24-13-8-14-29-2)22(17-9-4-3-5-10-17)23(28)19-15-25-20-12-7-6-11-18(19)20/h3-7,9-12,15,22,25H,8,13-14,16H2,1-2H3,(H,24,27). The zero-order valence-corrected chi connectivity index (χ0v) is 16.9. The van der Waals surface area contributed by atoms with Crippen molar-refractivity contribution in [1.82, 2.24) is 15.2 Å². The first-order valence-corrected chi connectivity index (χ1v) is 9.73. The molecular weight excluding hydrogens is 366 g/mol. The number of amides is 1. The zero-order valence-electron chi connectivity index (χ0n) is 16.9. The highest BCUT2D eigenvalue weighted by atomic mass is 16.5. The first kappa shape index (κ1) is 20.8. The maximum Gasteiger partial charge on any atom is 0.234 e. The minimum Gasteiger partial charge on any atom is -0.385 e. The molecule has 0 aliphatic rings. The van der Waals surface area contributed by atoms with E-state index in [2.05, 4.69) is 10.3 Å². The number of nitrogens with one attached hydrogen (secondary N) is 2. The molecule has 3 rings (SSSR count). The smallest absolute Gasteiger partial charge is 0.234 e. The van der Waals surface area contributed by atoms with Crippen molar-refractivity contribution in [1.29, 1.82) is 0 Å². The van der Waals surface area contributed by atoms with Gasteiger partial charge >= 0.3 is 0 Å². The maximum atomic E-state index is 13.5. The van der Waals surface area contributed by atoms with Crippen LogP contribution in [0.25, 0.3) is 10.9 Å². The van der Waals surface area contributed by atoms with Gasteiger partial charge < -0.3 is 15.0 Å². The Morgan fingerprint density at radius 1 is 1.10 bits per heavy atom. The van der Waals surface area contributed by atoms with E-state index in [-0.39, 0.29) is 18.2 Å². The molecule has 1 unspecified atom stereocenters. The van der Waals surface area contributed by atoms with Crippen LogP contribution in [-0.2, 0) is 9.53 Å². The molecule has 152 valence electrons. The number of likely N-dealkylation sites (N-methyl/N-ethyl adjacent to an activating group) is 1. The molecule has 1 atom stereocenters. The molecule has 6 nitrogen and oxygen atoms in total. The van der Waals surface area contributed by atoms with Crippen molar-refractivity contribution in [2.75, 3.05) is 33.9 Å². The first-order valence-electron chi connectivity index (χ1n) is 9.73. The zero-order chi connectivity index (χ0) is 20.6. The minimum atomic E-state index is -0.555. The summed E-state index contributed by atoms with van der Waals surface area (Å²) in [6.07, 6.45) is 2.50. The van der Waals surface area contributed by atoms with Gasteiger partial charge in [0.25, 0.3) is 0 Å². The van der Waals surface area contributed by atoms with E-state index in [1.165, 1.54) is 0 Å². The number of para-hydroxylation sites is 1. The highest BCUT2D eigenvalue weighted by Gasteiger charge is 2.29. The van der Waals surface area contributed by atoms with Crippen LogP contribution in [0.4, 0.5) is 0 Å². The van der Waals surface area contributed by atoms with E-state index < -0.39 is 6.04 Å². The number of benzene rings is 2. The normalized spacial score (nSPS) is 12.2. The van der Waals surface area contributed by atoms with Crippen molar-refractivity contribution < 1.29 is 14.3 Å². The van der Waals surface area contributed by atoms with Crippen LogP contribution in [0.3, 0.4) is 0 Å². The Balaban J connectivity index is 1.81. The lowest BCUT2D eigenvalue weighted by Gasteiger charge is -2.27. The molecule has 0 fully saturated rings. The molecule has 0 spiro atoms. The van der Waals surface area contributed by atoms with E-state index in [0.29, 0.717) is 18.7 Å². The number of hydrogen-bond acceptors (Lipinski definition) is 4. The van der Waals surface area contributed by atoms with E-state index in [0.717, 1.165) is 22.9 Å². The fourth-order valence-electron chi connectivity index (χ4n) is 3.48. The molecule has 0 bridgehead atoms. The Kier molecular flexibility index (Phi) is 7.16. The summed E-state index contributed by atoms with van der Waals surface area (Å²) in [6.45, 7) is 1.27. The number of carbonyl (C=O) groups excluding carboxylic acids is 2. The minimum absolute atomic E-state index is 0.0386. The van der Waals surface area contributed by atoms with Crippen LogP contribution in [0.2, 0.25) is 0 Å². The first-order chi connectivity index (χ1) is 14.1. The third kappa shape index (κ3) is 5.10. The summed E-state index contributed by atoms with van der Waals surface area (Å²) in [7, 11) is 3.44. The summed E-state index contributed by atoms with van der Waals surface area (Å²) < 4.78 is 5.00. The SMILES string of the molecule is COCCCNC(=O)CN(C)C(C(=O)c1c[nH]c2ccccc12)c1ccccc1. The van der Waals surface area contributed by atoms with Crippen molar-refractivity contribution in [2.45, 2.75) is 12.5 Å². The molecule has 1 amide bonds. The van der Waals surface area contributed by atoms with E-state index in [9.17, 15) is 9.59 Å². The predicted molar refractivity (Wildman–Crippen MR) is 114 cm³/mol. The van der Waals surface area contributed by atoms with Crippen LogP contribution in [0, 0.1) is 0 Å². The van der Waals surface area contributed by atoms with Gasteiger partial charge in [-0.2, -0.15) is 0 Å². The summed E-state index contributed by atoms with van der Waals surface area (Å²) in [5, 5.41) is 3.77. The molecule has 0 saturated carbocycles. The van der Waals surface area contributed by atoms with E-state index in [4.69, 9.17) is 4.74 Å². The quantitative estimate of drug-likeness (QED) is 0.410. The number of aromatic nitrogens is 1. The number of fused-ring (bicyclic) bond motifs is 1. The van der Waals surface area contributed by atoms with Gasteiger partial charge in [-0.25, -0.2) is 0 Å². The van der Waals surface area contributed by atoms with Crippen molar-refractivity contribution in [3.63, 3.8) is 0 Å². The number of nitrogens with zero attached hydrogens (tertiary/aromatic N) is 1. The summed E-state index contributed by atoms with van der Waals surface area (Å²) >= 11 is 0. The van der Waals surface area contributed by atoms with Crippen LogP contribution in [0.5, 0.6) is 0 Å².